The molecule has 1 aliphatic rings. The van der Waals surface area contributed by atoms with Gasteiger partial charge in [-0.2, -0.15) is 5.26 Å². The molecule has 0 saturated heterocycles. The Kier molecular flexibility index (Phi) is 2.59. The molecule has 1 aromatic carbocycles. The van der Waals surface area contributed by atoms with Gasteiger partial charge in [-0.1, -0.05) is 19.1 Å². The van der Waals surface area contributed by atoms with E-state index in [1.165, 1.54) is 4.90 Å². The maximum absolute atomic E-state index is 9.09. The van der Waals surface area contributed by atoms with Crippen LogP contribution in [0.2, 0.25) is 0 Å². The highest BCUT2D eigenvalue weighted by atomic mass is 79.9. The zero-order valence-corrected chi connectivity index (χ0v) is 10.2. The zero-order chi connectivity index (χ0) is 10.2. The molecule has 2 atom stereocenters. The van der Waals surface area contributed by atoms with Gasteiger partial charge in [-0.15, -0.1) is 11.8 Å². The molecule has 0 N–H and O–H groups in total. The third-order valence-electron chi connectivity index (χ3n) is 2.56. The Bertz CT molecular complexity index is 399. The Labute approximate surface area is 96.6 Å². The van der Waals surface area contributed by atoms with Crippen LogP contribution in [0.3, 0.4) is 0 Å². The topological polar surface area (TPSA) is 23.8 Å². The summed E-state index contributed by atoms with van der Waals surface area (Å²) in [5.74, 6) is 0.518. The molecule has 0 radical (unpaired) electrons. The predicted molar refractivity (Wildman–Crippen MR) is 62.1 cm³/mol. The molecule has 14 heavy (non-hydrogen) atoms. The molecule has 1 fully saturated rings. The van der Waals surface area contributed by atoms with Crippen molar-refractivity contribution in [3.63, 3.8) is 0 Å². The zero-order valence-electron chi connectivity index (χ0n) is 7.83. The first-order chi connectivity index (χ1) is 6.68. The number of benzene rings is 1. The number of hydrogen-bond acceptors (Lipinski definition) is 2. The lowest BCUT2D eigenvalue weighted by Gasteiger charge is -2.08. The SMILES string of the molecule is CC1CC1(C#N)Sc1ccccc1Br. The van der Waals surface area contributed by atoms with Crippen LogP contribution in [0.5, 0.6) is 0 Å². The molecule has 2 unspecified atom stereocenters. The molecule has 0 bridgehead atoms. The van der Waals surface area contributed by atoms with E-state index in [0.29, 0.717) is 5.92 Å². The number of nitrogens with zero attached hydrogens (tertiary/aromatic N) is 1. The fraction of sp³-hybridized carbons (Fsp3) is 0.364. The molecule has 2 rings (SSSR count). The minimum absolute atomic E-state index is 0.163. The lowest BCUT2D eigenvalue weighted by atomic mass is 10.4. The van der Waals surface area contributed by atoms with E-state index >= 15 is 0 Å². The van der Waals surface area contributed by atoms with Crippen molar-refractivity contribution in [2.75, 3.05) is 0 Å². The number of nitriles is 1. The summed E-state index contributed by atoms with van der Waals surface area (Å²) in [4.78, 5) is 1.17. The van der Waals surface area contributed by atoms with E-state index in [0.717, 1.165) is 10.9 Å². The molecule has 1 aliphatic carbocycles. The van der Waals surface area contributed by atoms with Gasteiger partial charge in [0.05, 0.1) is 6.07 Å². The predicted octanol–water partition coefficient (Wildman–Crippen LogP) is 3.84. The molecule has 1 aromatic rings. The number of rotatable bonds is 2. The Hall–Kier alpha value is -0.460. The second-order valence-electron chi connectivity index (χ2n) is 3.64. The van der Waals surface area contributed by atoms with Gasteiger partial charge in [0, 0.05) is 9.37 Å². The highest BCUT2D eigenvalue weighted by Crippen LogP contribution is 2.56. The van der Waals surface area contributed by atoms with Gasteiger partial charge in [-0.3, -0.25) is 0 Å². The molecule has 72 valence electrons. The molecular weight excluding hydrogens is 258 g/mol. The minimum atomic E-state index is -0.163. The van der Waals surface area contributed by atoms with E-state index in [4.69, 9.17) is 5.26 Å². The first-order valence-electron chi connectivity index (χ1n) is 4.53. The molecule has 0 amide bonds. The lowest BCUT2D eigenvalue weighted by Crippen LogP contribution is -2.00. The van der Waals surface area contributed by atoms with Gasteiger partial charge >= 0.3 is 0 Å². The van der Waals surface area contributed by atoms with Gasteiger partial charge in [0.2, 0.25) is 0 Å². The summed E-state index contributed by atoms with van der Waals surface area (Å²) in [7, 11) is 0. The van der Waals surface area contributed by atoms with Crippen LogP contribution in [0.25, 0.3) is 0 Å². The van der Waals surface area contributed by atoms with Crippen LogP contribution in [0, 0.1) is 17.2 Å². The van der Waals surface area contributed by atoms with Crippen molar-refractivity contribution in [1.82, 2.24) is 0 Å². The van der Waals surface area contributed by atoms with E-state index in [1.807, 2.05) is 18.2 Å². The molecular formula is C11H10BrNS. The second kappa shape index (κ2) is 3.60. The average molecular weight is 268 g/mol. The average Bonchev–Trinajstić information content (AvgIpc) is 2.82. The van der Waals surface area contributed by atoms with Crippen molar-refractivity contribution in [2.45, 2.75) is 23.0 Å². The van der Waals surface area contributed by atoms with E-state index in [9.17, 15) is 0 Å². The second-order valence-corrected chi connectivity index (χ2v) is 5.87. The van der Waals surface area contributed by atoms with Gasteiger partial charge in [0.25, 0.3) is 0 Å². The van der Waals surface area contributed by atoms with Crippen molar-refractivity contribution in [1.29, 1.82) is 5.26 Å². The third kappa shape index (κ3) is 1.69. The summed E-state index contributed by atoms with van der Waals surface area (Å²) in [6, 6.07) is 10.5. The largest absolute Gasteiger partial charge is 0.197 e. The standard InChI is InChI=1S/C11H10BrNS/c1-8-6-11(8,7-13)14-10-5-3-2-4-9(10)12/h2-5,8H,6H2,1H3. The maximum Gasteiger partial charge on any atom is 0.110 e. The summed E-state index contributed by atoms with van der Waals surface area (Å²) in [5, 5.41) is 9.09. The summed E-state index contributed by atoms with van der Waals surface area (Å²) in [5.41, 5.74) is 0. The van der Waals surface area contributed by atoms with Gasteiger partial charge in [-0.05, 0) is 40.4 Å². The fourth-order valence-electron chi connectivity index (χ4n) is 1.44. The number of hydrogen-bond donors (Lipinski definition) is 0. The quantitative estimate of drug-likeness (QED) is 0.813. The monoisotopic (exact) mass is 267 g/mol. The van der Waals surface area contributed by atoms with Crippen molar-refractivity contribution in [3.05, 3.63) is 28.7 Å². The summed E-state index contributed by atoms with van der Waals surface area (Å²) in [6.45, 7) is 2.13. The molecule has 0 spiro atoms. The first-order valence-corrected chi connectivity index (χ1v) is 6.14. The maximum atomic E-state index is 9.09. The van der Waals surface area contributed by atoms with E-state index in [-0.39, 0.29) is 4.75 Å². The summed E-state index contributed by atoms with van der Waals surface area (Å²) >= 11 is 5.18. The van der Waals surface area contributed by atoms with Crippen molar-refractivity contribution in [3.8, 4) is 6.07 Å². The molecule has 0 aromatic heterocycles. The Morgan fingerprint density at radius 3 is 2.71 bits per heavy atom. The van der Waals surface area contributed by atoms with Crippen molar-refractivity contribution >= 4 is 27.7 Å². The molecule has 1 nitrogen and oxygen atoms in total. The van der Waals surface area contributed by atoms with Crippen LogP contribution in [0.1, 0.15) is 13.3 Å². The smallest absolute Gasteiger partial charge is 0.110 e. The van der Waals surface area contributed by atoms with Crippen molar-refractivity contribution < 1.29 is 0 Å². The summed E-state index contributed by atoms with van der Waals surface area (Å²) in [6.07, 6.45) is 1.01. The first kappa shape index (κ1) is 10.1. The molecule has 1 saturated carbocycles. The normalized spacial score (nSPS) is 29.6. The lowest BCUT2D eigenvalue weighted by molar-refractivity contribution is 0.935. The van der Waals surface area contributed by atoms with Crippen LogP contribution in [0.4, 0.5) is 0 Å². The van der Waals surface area contributed by atoms with Crippen LogP contribution in [-0.2, 0) is 0 Å². The Morgan fingerprint density at radius 1 is 1.57 bits per heavy atom. The van der Waals surface area contributed by atoms with Gasteiger partial charge in [0.15, 0.2) is 0 Å². The third-order valence-corrected chi connectivity index (χ3v) is 5.12. The van der Waals surface area contributed by atoms with Gasteiger partial charge in [-0.25, -0.2) is 0 Å². The molecule has 3 heteroatoms. The highest BCUT2D eigenvalue weighted by Gasteiger charge is 2.53. The van der Waals surface area contributed by atoms with E-state index in [1.54, 1.807) is 11.8 Å². The number of thioether (sulfide) groups is 1. The van der Waals surface area contributed by atoms with Gasteiger partial charge in [0.1, 0.15) is 4.75 Å². The van der Waals surface area contributed by atoms with Crippen LogP contribution in [0.15, 0.2) is 33.6 Å². The van der Waals surface area contributed by atoms with E-state index < -0.39 is 0 Å². The van der Waals surface area contributed by atoms with Crippen LogP contribution >= 0.6 is 27.7 Å². The molecule has 0 heterocycles. The Morgan fingerprint density at radius 2 is 2.21 bits per heavy atom. The fourth-order valence-corrected chi connectivity index (χ4v) is 3.25. The van der Waals surface area contributed by atoms with Gasteiger partial charge < -0.3 is 0 Å². The highest BCUT2D eigenvalue weighted by molar-refractivity contribution is 9.10. The number of halogens is 1. The van der Waals surface area contributed by atoms with Crippen molar-refractivity contribution in [2.24, 2.45) is 5.92 Å². The van der Waals surface area contributed by atoms with Crippen LogP contribution in [-0.4, -0.2) is 4.75 Å². The Balaban J connectivity index is 2.20. The minimum Gasteiger partial charge on any atom is -0.197 e. The van der Waals surface area contributed by atoms with E-state index in [2.05, 4.69) is 35.0 Å². The molecule has 0 aliphatic heterocycles. The summed E-state index contributed by atoms with van der Waals surface area (Å²) < 4.78 is 0.919. The van der Waals surface area contributed by atoms with Crippen LogP contribution < -0.4 is 0 Å².